The minimum atomic E-state index is -0.00969. The maximum Gasteiger partial charge on any atom is 0.0853 e. The lowest BCUT2D eigenvalue weighted by Crippen LogP contribution is -1.86. The van der Waals surface area contributed by atoms with E-state index in [9.17, 15) is 0 Å². The van der Waals surface area contributed by atoms with Gasteiger partial charge in [-0.15, -0.1) is 0 Å². The van der Waals surface area contributed by atoms with Gasteiger partial charge >= 0.3 is 0 Å². The lowest BCUT2D eigenvalue weighted by molar-refractivity contribution is 0.277. The summed E-state index contributed by atoms with van der Waals surface area (Å²) in [5, 5.41) is 15.6. The van der Waals surface area contributed by atoms with Crippen LogP contribution in [-0.2, 0) is 6.61 Å². The molecule has 0 amide bonds. The molecule has 0 aliphatic rings. The van der Waals surface area contributed by atoms with E-state index < -0.39 is 0 Å². The normalized spacial score (nSPS) is 10.2. The van der Waals surface area contributed by atoms with E-state index in [1.165, 1.54) is 0 Å². The third kappa shape index (κ3) is 1.46. The fourth-order valence-corrected chi connectivity index (χ4v) is 1.30. The van der Waals surface area contributed by atoms with Crippen molar-refractivity contribution in [3.05, 3.63) is 42.2 Å². The highest BCUT2D eigenvalue weighted by Crippen LogP contribution is 2.20. The second-order valence-electron chi connectivity index (χ2n) is 2.79. The highest BCUT2D eigenvalue weighted by Gasteiger charge is 2.04. The summed E-state index contributed by atoms with van der Waals surface area (Å²) in [5.41, 5.74) is 2.79. The van der Waals surface area contributed by atoms with Crippen molar-refractivity contribution in [3.8, 4) is 11.1 Å². The van der Waals surface area contributed by atoms with Crippen LogP contribution >= 0.6 is 0 Å². The van der Waals surface area contributed by atoms with Crippen molar-refractivity contribution in [2.24, 2.45) is 0 Å². The number of aliphatic hydroxyl groups is 1. The average molecular weight is 174 g/mol. The molecule has 1 aromatic heterocycles. The van der Waals surface area contributed by atoms with Gasteiger partial charge in [-0.3, -0.25) is 5.10 Å². The zero-order valence-electron chi connectivity index (χ0n) is 7.07. The average Bonchev–Trinajstić information content (AvgIpc) is 2.67. The zero-order valence-corrected chi connectivity index (χ0v) is 7.07. The fourth-order valence-electron chi connectivity index (χ4n) is 1.30. The molecule has 0 atom stereocenters. The second kappa shape index (κ2) is 3.41. The summed E-state index contributed by atoms with van der Waals surface area (Å²) in [6, 6.07) is 9.86. The molecule has 2 rings (SSSR count). The Hall–Kier alpha value is -1.61. The number of aromatic amines is 1. The van der Waals surface area contributed by atoms with E-state index in [2.05, 4.69) is 10.2 Å². The van der Waals surface area contributed by atoms with Crippen molar-refractivity contribution in [1.29, 1.82) is 0 Å². The van der Waals surface area contributed by atoms with Crippen molar-refractivity contribution >= 4 is 0 Å². The summed E-state index contributed by atoms with van der Waals surface area (Å²) in [4.78, 5) is 0. The first-order chi connectivity index (χ1) is 6.42. The third-order valence-corrected chi connectivity index (χ3v) is 1.96. The van der Waals surface area contributed by atoms with Gasteiger partial charge in [-0.25, -0.2) is 0 Å². The number of aliphatic hydroxyl groups excluding tert-OH is 1. The minimum Gasteiger partial charge on any atom is -0.390 e. The Morgan fingerprint density at radius 2 is 2.00 bits per heavy atom. The summed E-state index contributed by atoms with van der Waals surface area (Å²) >= 11 is 0. The van der Waals surface area contributed by atoms with Gasteiger partial charge in [0.15, 0.2) is 0 Å². The van der Waals surface area contributed by atoms with Gasteiger partial charge in [0.1, 0.15) is 0 Å². The van der Waals surface area contributed by atoms with Crippen molar-refractivity contribution in [3.63, 3.8) is 0 Å². The van der Waals surface area contributed by atoms with Crippen molar-refractivity contribution < 1.29 is 5.11 Å². The fraction of sp³-hybridized carbons (Fsp3) is 0.100. The van der Waals surface area contributed by atoms with E-state index >= 15 is 0 Å². The van der Waals surface area contributed by atoms with E-state index in [1.54, 1.807) is 6.20 Å². The SMILES string of the molecule is OCc1[nH]ncc1-c1ccccc1. The van der Waals surface area contributed by atoms with Gasteiger partial charge in [-0.1, -0.05) is 30.3 Å². The Balaban J connectivity index is 2.47. The predicted molar refractivity (Wildman–Crippen MR) is 49.9 cm³/mol. The largest absolute Gasteiger partial charge is 0.390 e. The third-order valence-electron chi connectivity index (χ3n) is 1.96. The first-order valence-electron chi connectivity index (χ1n) is 4.10. The van der Waals surface area contributed by atoms with Gasteiger partial charge < -0.3 is 5.11 Å². The molecule has 66 valence electrons. The van der Waals surface area contributed by atoms with Gasteiger partial charge in [0, 0.05) is 5.56 Å². The van der Waals surface area contributed by atoms with E-state index in [-0.39, 0.29) is 6.61 Å². The molecule has 0 radical (unpaired) electrons. The molecule has 3 heteroatoms. The summed E-state index contributed by atoms with van der Waals surface area (Å²) in [5.74, 6) is 0. The Morgan fingerprint density at radius 1 is 1.23 bits per heavy atom. The Bertz CT molecular complexity index is 381. The second-order valence-corrected chi connectivity index (χ2v) is 2.79. The van der Waals surface area contributed by atoms with Crippen LogP contribution in [-0.4, -0.2) is 15.3 Å². The highest BCUT2D eigenvalue weighted by molar-refractivity contribution is 5.64. The van der Waals surface area contributed by atoms with Gasteiger partial charge in [0.25, 0.3) is 0 Å². The lowest BCUT2D eigenvalue weighted by atomic mass is 10.1. The number of H-pyrrole nitrogens is 1. The van der Waals surface area contributed by atoms with E-state index in [4.69, 9.17) is 5.11 Å². The lowest BCUT2D eigenvalue weighted by Gasteiger charge is -1.98. The van der Waals surface area contributed by atoms with Crippen LogP contribution in [0.2, 0.25) is 0 Å². The standard InChI is InChI=1S/C10H10N2O/c13-7-10-9(6-11-12-10)8-4-2-1-3-5-8/h1-6,13H,7H2,(H,11,12). The number of aromatic nitrogens is 2. The summed E-state index contributed by atoms with van der Waals surface area (Å²) < 4.78 is 0. The van der Waals surface area contributed by atoms with E-state index in [1.807, 2.05) is 30.3 Å². The zero-order chi connectivity index (χ0) is 9.10. The van der Waals surface area contributed by atoms with Crippen molar-refractivity contribution in [2.45, 2.75) is 6.61 Å². The Labute approximate surface area is 76.0 Å². The molecule has 0 spiro atoms. The molecule has 1 heterocycles. The smallest absolute Gasteiger partial charge is 0.0853 e. The number of benzene rings is 1. The summed E-state index contributed by atoms with van der Waals surface area (Å²) in [7, 11) is 0. The number of rotatable bonds is 2. The molecule has 0 unspecified atom stereocenters. The number of nitrogens with one attached hydrogen (secondary N) is 1. The van der Waals surface area contributed by atoms with Crippen LogP contribution in [0, 0.1) is 0 Å². The molecule has 2 N–H and O–H groups in total. The quantitative estimate of drug-likeness (QED) is 0.726. The predicted octanol–water partition coefficient (Wildman–Crippen LogP) is 1.57. The Morgan fingerprint density at radius 3 is 2.69 bits per heavy atom. The van der Waals surface area contributed by atoms with Crippen LogP contribution < -0.4 is 0 Å². The summed E-state index contributed by atoms with van der Waals surface area (Å²) in [6.07, 6.45) is 1.72. The van der Waals surface area contributed by atoms with Crippen molar-refractivity contribution in [1.82, 2.24) is 10.2 Å². The number of nitrogens with zero attached hydrogens (tertiary/aromatic N) is 1. The Kier molecular flexibility index (Phi) is 2.10. The molecule has 0 aliphatic carbocycles. The molecule has 0 saturated heterocycles. The molecule has 1 aromatic carbocycles. The molecular formula is C10H10N2O. The van der Waals surface area contributed by atoms with Gasteiger partial charge in [0.05, 0.1) is 18.5 Å². The van der Waals surface area contributed by atoms with E-state index in [0.717, 1.165) is 16.8 Å². The van der Waals surface area contributed by atoms with Crippen molar-refractivity contribution in [2.75, 3.05) is 0 Å². The van der Waals surface area contributed by atoms with Crippen LogP contribution in [0.4, 0.5) is 0 Å². The van der Waals surface area contributed by atoms with Crippen LogP contribution in [0.3, 0.4) is 0 Å². The molecule has 0 fully saturated rings. The molecule has 0 saturated carbocycles. The maximum absolute atomic E-state index is 9.00. The van der Waals surface area contributed by atoms with Crippen LogP contribution in [0.1, 0.15) is 5.69 Å². The molecule has 0 bridgehead atoms. The molecule has 0 aliphatic heterocycles. The summed E-state index contributed by atoms with van der Waals surface area (Å²) in [6.45, 7) is -0.00969. The first-order valence-corrected chi connectivity index (χ1v) is 4.10. The van der Waals surface area contributed by atoms with Gasteiger partial charge in [-0.05, 0) is 5.56 Å². The number of hydrogen-bond donors (Lipinski definition) is 2. The van der Waals surface area contributed by atoms with Gasteiger partial charge in [-0.2, -0.15) is 5.10 Å². The molecular weight excluding hydrogens is 164 g/mol. The van der Waals surface area contributed by atoms with Gasteiger partial charge in [0.2, 0.25) is 0 Å². The highest BCUT2D eigenvalue weighted by atomic mass is 16.3. The number of hydrogen-bond acceptors (Lipinski definition) is 2. The topological polar surface area (TPSA) is 48.9 Å². The van der Waals surface area contributed by atoms with Crippen LogP contribution in [0.5, 0.6) is 0 Å². The van der Waals surface area contributed by atoms with Crippen LogP contribution in [0.25, 0.3) is 11.1 Å². The monoisotopic (exact) mass is 174 g/mol. The molecule has 13 heavy (non-hydrogen) atoms. The molecule has 2 aromatic rings. The minimum absolute atomic E-state index is 0.00969. The molecule has 3 nitrogen and oxygen atoms in total. The maximum atomic E-state index is 9.00. The first kappa shape index (κ1) is 8.01. The van der Waals surface area contributed by atoms with E-state index in [0.29, 0.717) is 0 Å². The van der Waals surface area contributed by atoms with Crippen LogP contribution in [0.15, 0.2) is 36.5 Å².